The van der Waals surface area contributed by atoms with Gasteiger partial charge in [0.25, 0.3) is 0 Å². The molecule has 202 valence electrons. The van der Waals surface area contributed by atoms with Gasteiger partial charge in [-0.2, -0.15) is 26.3 Å². The van der Waals surface area contributed by atoms with Gasteiger partial charge in [-0.3, -0.25) is 14.6 Å². The van der Waals surface area contributed by atoms with E-state index in [1.54, 1.807) is 6.20 Å². The molecule has 3 heterocycles. The number of aliphatic carboxylic acids is 2. The van der Waals surface area contributed by atoms with Gasteiger partial charge in [0.1, 0.15) is 0 Å². The fourth-order valence-corrected chi connectivity index (χ4v) is 2.98. The third-order valence-corrected chi connectivity index (χ3v) is 4.52. The van der Waals surface area contributed by atoms with E-state index in [4.69, 9.17) is 19.8 Å². The van der Waals surface area contributed by atoms with Gasteiger partial charge >= 0.3 is 24.3 Å². The van der Waals surface area contributed by atoms with Crippen LogP contribution in [0.1, 0.15) is 24.1 Å². The van der Waals surface area contributed by atoms with E-state index >= 15 is 0 Å². The molecule has 0 amide bonds. The smallest absolute Gasteiger partial charge is 0.475 e. The standard InChI is InChI=1S/C16H24N6.2C2HF3O2/c1-21(10-14-4-2-6-17-8-14)12-16-13-22(20-19-16)11-15-5-3-7-18-9-15;2*3-2(4,5)1(6)7/h2,4,6,8,13,15,18H,3,5,7,9-12H2,1H3;2*(H,6,7). The van der Waals surface area contributed by atoms with Crippen LogP contribution in [-0.2, 0) is 29.2 Å². The Morgan fingerprint density at radius 3 is 2.22 bits per heavy atom. The highest BCUT2D eigenvalue weighted by Crippen LogP contribution is 2.14. The molecule has 1 aliphatic heterocycles. The van der Waals surface area contributed by atoms with Crippen molar-refractivity contribution >= 4 is 11.9 Å². The van der Waals surface area contributed by atoms with Crippen LogP contribution in [-0.4, -0.2) is 79.5 Å². The summed E-state index contributed by atoms with van der Waals surface area (Å²) in [7, 11) is 2.09. The van der Waals surface area contributed by atoms with Gasteiger partial charge in [-0.1, -0.05) is 11.3 Å². The lowest BCUT2D eigenvalue weighted by Crippen LogP contribution is -2.32. The second kappa shape index (κ2) is 14.3. The Kier molecular flexibility index (Phi) is 12.2. The third kappa shape index (κ3) is 13.0. The van der Waals surface area contributed by atoms with Crippen LogP contribution in [0.2, 0.25) is 0 Å². The van der Waals surface area contributed by atoms with E-state index in [1.807, 2.05) is 16.9 Å². The lowest BCUT2D eigenvalue weighted by Gasteiger charge is -2.22. The minimum absolute atomic E-state index is 0.677. The average molecular weight is 528 g/mol. The fourth-order valence-electron chi connectivity index (χ4n) is 2.98. The van der Waals surface area contributed by atoms with E-state index in [1.165, 1.54) is 18.4 Å². The molecule has 1 saturated heterocycles. The lowest BCUT2D eigenvalue weighted by atomic mass is 10.00. The summed E-state index contributed by atoms with van der Waals surface area (Å²) in [5.41, 5.74) is 2.24. The second-order valence-electron chi connectivity index (χ2n) is 7.78. The summed E-state index contributed by atoms with van der Waals surface area (Å²) in [6.07, 6.45) is -1.84. The Balaban J connectivity index is 0.000000383. The molecule has 2 aromatic heterocycles. The number of alkyl halides is 6. The first-order valence-electron chi connectivity index (χ1n) is 10.5. The minimum Gasteiger partial charge on any atom is -0.475 e. The SMILES string of the molecule is CN(Cc1cccnc1)Cc1cn(CC2CCCNC2)nn1.O=C(O)C(F)(F)F.O=C(O)C(F)(F)F. The number of carboxylic acid groups (broad SMARTS) is 2. The number of hydrogen-bond acceptors (Lipinski definition) is 7. The van der Waals surface area contributed by atoms with E-state index < -0.39 is 24.3 Å². The Labute approximate surface area is 201 Å². The van der Waals surface area contributed by atoms with Crippen molar-refractivity contribution in [3.8, 4) is 0 Å². The van der Waals surface area contributed by atoms with Gasteiger partial charge < -0.3 is 15.5 Å². The Morgan fingerprint density at radius 2 is 1.75 bits per heavy atom. The van der Waals surface area contributed by atoms with E-state index in [9.17, 15) is 26.3 Å². The number of piperidine rings is 1. The summed E-state index contributed by atoms with van der Waals surface area (Å²) in [5.74, 6) is -4.84. The van der Waals surface area contributed by atoms with Crippen LogP contribution in [0.5, 0.6) is 0 Å². The van der Waals surface area contributed by atoms with Crippen molar-refractivity contribution in [2.45, 2.75) is 44.8 Å². The van der Waals surface area contributed by atoms with Crippen molar-refractivity contribution in [1.82, 2.24) is 30.2 Å². The molecule has 1 fully saturated rings. The summed E-state index contributed by atoms with van der Waals surface area (Å²) in [6, 6.07) is 4.06. The van der Waals surface area contributed by atoms with Gasteiger partial charge in [0.05, 0.1) is 5.69 Å². The van der Waals surface area contributed by atoms with E-state index in [2.05, 4.69) is 44.8 Å². The molecule has 10 nitrogen and oxygen atoms in total. The summed E-state index contributed by atoms with van der Waals surface area (Å²) >= 11 is 0. The fraction of sp³-hybridized carbons (Fsp3) is 0.550. The molecule has 36 heavy (non-hydrogen) atoms. The maximum absolute atomic E-state index is 10.6. The molecule has 0 saturated carbocycles. The first-order chi connectivity index (χ1) is 16.7. The van der Waals surface area contributed by atoms with Gasteiger partial charge in [-0.05, 0) is 50.5 Å². The quantitative estimate of drug-likeness (QED) is 0.484. The van der Waals surface area contributed by atoms with Crippen LogP contribution in [0.4, 0.5) is 26.3 Å². The zero-order chi connectivity index (χ0) is 27.4. The number of nitrogens with zero attached hydrogens (tertiary/aromatic N) is 5. The summed E-state index contributed by atoms with van der Waals surface area (Å²) in [4.78, 5) is 24.2. The lowest BCUT2D eigenvalue weighted by molar-refractivity contribution is -0.193. The van der Waals surface area contributed by atoms with Gasteiger partial charge in [-0.25, -0.2) is 9.59 Å². The monoisotopic (exact) mass is 528 g/mol. The number of pyridine rings is 1. The zero-order valence-corrected chi connectivity index (χ0v) is 19.1. The molecule has 0 aromatic carbocycles. The van der Waals surface area contributed by atoms with Crippen LogP contribution >= 0.6 is 0 Å². The predicted molar refractivity (Wildman–Crippen MR) is 112 cm³/mol. The molecule has 0 radical (unpaired) electrons. The molecule has 3 N–H and O–H groups in total. The molecule has 3 rings (SSSR count). The molecule has 0 bridgehead atoms. The molecule has 1 atom stereocenters. The summed E-state index contributed by atoms with van der Waals surface area (Å²) in [5, 5.41) is 26.3. The number of hydrogen-bond donors (Lipinski definition) is 3. The van der Waals surface area contributed by atoms with Crippen LogP contribution < -0.4 is 5.32 Å². The molecule has 0 spiro atoms. The zero-order valence-electron chi connectivity index (χ0n) is 19.1. The molecule has 1 aliphatic rings. The van der Waals surface area contributed by atoms with Crippen LogP contribution in [0.15, 0.2) is 30.7 Å². The van der Waals surface area contributed by atoms with E-state index in [0.29, 0.717) is 5.92 Å². The highest BCUT2D eigenvalue weighted by molar-refractivity contribution is 5.73. The van der Waals surface area contributed by atoms with Crippen molar-refractivity contribution in [2.75, 3.05) is 20.1 Å². The highest BCUT2D eigenvalue weighted by atomic mass is 19.4. The Hall–Kier alpha value is -3.27. The van der Waals surface area contributed by atoms with E-state index in [-0.39, 0.29) is 0 Å². The molecule has 2 aromatic rings. The number of rotatable bonds is 6. The maximum Gasteiger partial charge on any atom is 0.490 e. The van der Waals surface area contributed by atoms with Crippen molar-refractivity contribution < 1.29 is 46.1 Å². The first kappa shape index (κ1) is 30.8. The van der Waals surface area contributed by atoms with Gasteiger partial charge in [0.15, 0.2) is 0 Å². The Bertz CT molecular complexity index is 909. The van der Waals surface area contributed by atoms with Crippen LogP contribution in [0, 0.1) is 5.92 Å². The predicted octanol–water partition coefficient (Wildman–Crippen LogP) is 2.57. The third-order valence-electron chi connectivity index (χ3n) is 4.52. The normalized spacial score (nSPS) is 15.8. The molecule has 1 unspecified atom stereocenters. The highest BCUT2D eigenvalue weighted by Gasteiger charge is 2.38. The maximum atomic E-state index is 10.6. The molecule has 0 aliphatic carbocycles. The van der Waals surface area contributed by atoms with Crippen molar-refractivity contribution in [3.63, 3.8) is 0 Å². The van der Waals surface area contributed by atoms with Crippen molar-refractivity contribution in [3.05, 3.63) is 42.0 Å². The number of nitrogens with one attached hydrogen (secondary N) is 1. The number of halogens is 6. The van der Waals surface area contributed by atoms with Gasteiger partial charge in [0, 0.05) is 38.2 Å². The van der Waals surface area contributed by atoms with Crippen LogP contribution in [0.3, 0.4) is 0 Å². The van der Waals surface area contributed by atoms with Crippen molar-refractivity contribution in [2.24, 2.45) is 5.92 Å². The second-order valence-corrected chi connectivity index (χ2v) is 7.78. The number of carboxylic acids is 2. The first-order valence-corrected chi connectivity index (χ1v) is 10.5. The summed E-state index contributed by atoms with van der Waals surface area (Å²) < 4.78 is 65.5. The van der Waals surface area contributed by atoms with Crippen LogP contribution in [0.25, 0.3) is 0 Å². The van der Waals surface area contributed by atoms with Gasteiger partial charge in [0.2, 0.25) is 0 Å². The topological polar surface area (TPSA) is 133 Å². The average Bonchev–Trinajstić information content (AvgIpc) is 3.21. The number of aromatic nitrogens is 4. The van der Waals surface area contributed by atoms with Crippen molar-refractivity contribution in [1.29, 1.82) is 0 Å². The minimum atomic E-state index is -5.08. The summed E-state index contributed by atoms with van der Waals surface area (Å²) in [6.45, 7) is 4.88. The number of carbonyl (C=O) groups is 2. The molecular formula is C20H26F6N6O4. The molecule has 16 heteroatoms. The molecular weight excluding hydrogens is 502 g/mol. The largest absolute Gasteiger partial charge is 0.490 e. The van der Waals surface area contributed by atoms with E-state index in [0.717, 1.165) is 38.4 Å². The Morgan fingerprint density at radius 1 is 1.14 bits per heavy atom. The van der Waals surface area contributed by atoms with Gasteiger partial charge in [-0.15, -0.1) is 5.10 Å².